The second-order valence-electron chi connectivity index (χ2n) is 7.88. The van der Waals surface area contributed by atoms with Crippen molar-refractivity contribution in [3.8, 4) is 0 Å². The van der Waals surface area contributed by atoms with Crippen LogP contribution in [0.5, 0.6) is 0 Å². The van der Waals surface area contributed by atoms with Crippen molar-refractivity contribution in [2.45, 2.75) is 59.6 Å². The van der Waals surface area contributed by atoms with Gasteiger partial charge in [-0.05, 0) is 46.0 Å². The number of aromatic nitrogens is 2. The third-order valence-electron chi connectivity index (χ3n) is 4.24. The van der Waals surface area contributed by atoms with Crippen LogP contribution in [0.25, 0.3) is 0 Å². The van der Waals surface area contributed by atoms with E-state index in [-0.39, 0.29) is 11.5 Å². The zero-order valence-corrected chi connectivity index (χ0v) is 15.0. The zero-order chi connectivity index (χ0) is 17.1. The Morgan fingerprint density at radius 1 is 1.43 bits per heavy atom. The molecule has 1 fully saturated rings. The van der Waals surface area contributed by atoms with Crippen molar-refractivity contribution < 1.29 is 9.53 Å². The van der Waals surface area contributed by atoms with Crippen LogP contribution in [0.3, 0.4) is 0 Å². The number of likely N-dealkylation sites (tertiary alicyclic amines) is 1. The number of ether oxygens (including phenoxy) is 1. The van der Waals surface area contributed by atoms with Gasteiger partial charge in [-0.2, -0.15) is 0 Å². The molecule has 0 bridgehead atoms. The molecule has 0 aromatic carbocycles. The van der Waals surface area contributed by atoms with E-state index in [2.05, 4.69) is 22.2 Å². The number of piperidine rings is 1. The minimum atomic E-state index is -0.429. The molecule has 0 unspecified atom stereocenters. The van der Waals surface area contributed by atoms with Gasteiger partial charge < -0.3 is 19.9 Å². The summed E-state index contributed by atoms with van der Waals surface area (Å²) in [4.78, 5) is 21.4. The molecule has 0 radical (unpaired) electrons. The number of hydrogen-bond donors (Lipinski definition) is 2. The van der Waals surface area contributed by atoms with E-state index in [1.54, 1.807) is 0 Å². The molecular weight excluding hydrogens is 292 g/mol. The molecule has 2 heterocycles. The number of aromatic amines is 1. The van der Waals surface area contributed by atoms with Gasteiger partial charge in [0.2, 0.25) is 0 Å². The van der Waals surface area contributed by atoms with Crippen molar-refractivity contribution in [1.82, 2.24) is 20.2 Å². The maximum Gasteiger partial charge on any atom is 0.410 e. The van der Waals surface area contributed by atoms with Gasteiger partial charge in [-0.25, -0.2) is 9.78 Å². The van der Waals surface area contributed by atoms with Gasteiger partial charge >= 0.3 is 6.09 Å². The summed E-state index contributed by atoms with van der Waals surface area (Å²) in [6, 6.07) is 0. The third kappa shape index (κ3) is 5.53. The number of hydrogen-bond acceptors (Lipinski definition) is 4. The summed E-state index contributed by atoms with van der Waals surface area (Å²) in [7, 11) is 0. The van der Waals surface area contributed by atoms with Crippen molar-refractivity contribution in [2.75, 3.05) is 19.6 Å². The molecule has 0 saturated carbocycles. The number of nitrogens with zero attached hydrogens (tertiary/aromatic N) is 2. The lowest BCUT2D eigenvalue weighted by Crippen LogP contribution is -2.47. The second kappa shape index (κ2) is 6.91. The predicted octanol–water partition coefficient (Wildman–Crippen LogP) is 2.84. The summed E-state index contributed by atoms with van der Waals surface area (Å²) in [5.74, 6) is 0.943. The highest BCUT2D eigenvalue weighted by atomic mass is 16.6. The predicted molar refractivity (Wildman–Crippen MR) is 90.2 cm³/mol. The van der Waals surface area contributed by atoms with Gasteiger partial charge in [0.05, 0.1) is 0 Å². The lowest BCUT2D eigenvalue weighted by Gasteiger charge is -2.39. The van der Waals surface area contributed by atoms with E-state index in [0.717, 1.165) is 50.5 Å². The Balaban J connectivity index is 1.74. The molecule has 1 aromatic rings. The first-order valence-corrected chi connectivity index (χ1v) is 8.36. The van der Waals surface area contributed by atoms with Crippen molar-refractivity contribution in [3.63, 3.8) is 0 Å². The highest BCUT2D eigenvalue weighted by molar-refractivity contribution is 5.68. The summed E-state index contributed by atoms with van der Waals surface area (Å²) >= 11 is 0. The Labute approximate surface area is 139 Å². The van der Waals surface area contributed by atoms with Crippen LogP contribution in [0.2, 0.25) is 0 Å². The van der Waals surface area contributed by atoms with Gasteiger partial charge in [0, 0.05) is 38.1 Å². The van der Waals surface area contributed by atoms with E-state index in [9.17, 15) is 4.79 Å². The highest BCUT2D eigenvalue weighted by Crippen LogP contribution is 2.30. The zero-order valence-electron chi connectivity index (χ0n) is 15.0. The topological polar surface area (TPSA) is 70.2 Å². The number of nitrogens with one attached hydrogen (secondary N) is 2. The fourth-order valence-electron chi connectivity index (χ4n) is 2.79. The molecular formula is C17H30N4O2. The average molecular weight is 322 g/mol. The number of aryl methyl sites for hydroxylation is 1. The van der Waals surface area contributed by atoms with Crippen LogP contribution in [0.15, 0.2) is 6.20 Å². The number of rotatable bonds is 4. The number of H-pyrrole nitrogens is 1. The normalized spacial score (nSPS) is 18.0. The van der Waals surface area contributed by atoms with Gasteiger partial charge in [0.15, 0.2) is 0 Å². The van der Waals surface area contributed by atoms with Gasteiger partial charge in [-0.1, -0.05) is 6.92 Å². The lowest BCUT2D eigenvalue weighted by molar-refractivity contribution is 0.0119. The van der Waals surface area contributed by atoms with Crippen LogP contribution in [-0.2, 0) is 11.3 Å². The Morgan fingerprint density at radius 2 is 2.09 bits per heavy atom. The molecule has 0 aliphatic carbocycles. The van der Waals surface area contributed by atoms with Crippen LogP contribution in [0.1, 0.15) is 52.1 Å². The molecule has 1 aliphatic rings. The van der Waals surface area contributed by atoms with E-state index in [4.69, 9.17) is 4.74 Å². The largest absolute Gasteiger partial charge is 0.444 e. The molecule has 2 rings (SSSR count). The van der Waals surface area contributed by atoms with Crippen molar-refractivity contribution in [2.24, 2.45) is 5.41 Å². The minimum absolute atomic E-state index is 0.194. The van der Waals surface area contributed by atoms with Crippen molar-refractivity contribution in [1.29, 1.82) is 0 Å². The molecule has 6 heteroatoms. The van der Waals surface area contributed by atoms with Crippen molar-refractivity contribution in [3.05, 3.63) is 17.7 Å². The average Bonchev–Trinajstić information content (AvgIpc) is 2.83. The number of carbonyl (C=O) groups excluding carboxylic acids is 1. The highest BCUT2D eigenvalue weighted by Gasteiger charge is 2.33. The number of carbonyl (C=O) groups is 1. The van der Waals surface area contributed by atoms with Crippen LogP contribution < -0.4 is 5.32 Å². The molecule has 1 amide bonds. The fourth-order valence-corrected chi connectivity index (χ4v) is 2.79. The summed E-state index contributed by atoms with van der Waals surface area (Å²) in [6.07, 6.45) is 3.65. The van der Waals surface area contributed by atoms with Crippen LogP contribution >= 0.6 is 0 Å². The molecule has 23 heavy (non-hydrogen) atoms. The first-order chi connectivity index (χ1) is 10.7. The maximum atomic E-state index is 12.1. The number of amides is 1. The molecule has 1 aromatic heterocycles. The molecule has 2 N–H and O–H groups in total. The molecule has 1 aliphatic heterocycles. The van der Waals surface area contributed by atoms with Gasteiger partial charge in [0.25, 0.3) is 0 Å². The SMILES string of the molecule is Cc1ncc(CNCC2(C)CCN(C(=O)OC(C)(C)C)CC2)[nH]1. The minimum Gasteiger partial charge on any atom is -0.444 e. The maximum absolute atomic E-state index is 12.1. The Kier molecular flexibility index (Phi) is 5.34. The molecule has 6 nitrogen and oxygen atoms in total. The Morgan fingerprint density at radius 3 is 2.61 bits per heavy atom. The summed E-state index contributed by atoms with van der Waals surface area (Å²) in [5, 5.41) is 3.50. The third-order valence-corrected chi connectivity index (χ3v) is 4.24. The van der Waals surface area contributed by atoms with Gasteiger partial charge in [-0.3, -0.25) is 0 Å². The first kappa shape index (κ1) is 17.8. The Hall–Kier alpha value is -1.56. The van der Waals surface area contributed by atoms with E-state index < -0.39 is 5.60 Å². The summed E-state index contributed by atoms with van der Waals surface area (Å²) in [6.45, 7) is 13.2. The van der Waals surface area contributed by atoms with Crippen LogP contribution in [0, 0.1) is 12.3 Å². The van der Waals surface area contributed by atoms with E-state index in [1.165, 1.54) is 0 Å². The molecule has 130 valence electrons. The quantitative estimate of drug-likeness (QED) is 0.894. The lowest BCUT2D eigenvalue weighted by atomic mass is 9.80. The number of imidazole rings is 1. The second-order valence-corrected chi connectivity index (χ2v) is 7.88. The van der Waals surface area contributed by atoms with Crippen LogP contribution in [-0.4, -0.2) is 46.2 Å². The van der Waals surface area contributed by atoms with Gasteiger partial charge in [0.1, 0.15) is 11.4 Å². The van der Waals surface area contributed by atoms with E-state index >= 15 is 0 Å². The van der Waals surface area contributed by atoms with Crippen molar-refractivity contribution >= 4 is 6.09 Å². The van der Waals surface area contributed by atoms with E-state index in [0.29, 0.717) is 0 Å². The standard InChI is InChI=1S/C17H30N4O2/c1-13-19-11-14(20-13)10-18-12-17(5)6-8-21(9-7-17)15(22)23-16(2,3)4/h11,18H,6-10,12H2,1-5H3,(H,19,20). The first-order valence-electron chi connectivity index (χ1n) is 8.36. The Bertz CT molecular complexity index is 525. The smallest absolute Gasteiger partial charge is 0.410 e. The molecule has 0 atom stereocenters. The monoisotopic (exact) mass is 322 g/mol. The molecule has 1 saturated heterocycles. The van der Waals surface area contributed by atoms with Crippen LogP contribution in [0.4, 0.5) is 4.79 Å². The molecule has 0 spiro atoms. The fraction of sp³-hybridized carbons (Fsp3) is 0.765. The summed E-state index contributed by atoms with van der Waals surface area (Å²) in [5.41, 5.74) is 0.895. The van der Waals surface area contributed by atoms with Gasteiger partial charge in [-0.15, -0.1) is 0 Å². The van der Waals surface area contributed by atoms with E-state index in [1.807, 2.05) is 38.8 Å². The summed E-state index contributed by atoms with van der Waals surface area (Å²) < 4.78 is 5.45.